The van der Waals surface area contributed by atoms with Crippen molar-refractivity contribution in [1.82, 2.24) is 0 Å². The molecule has 1 rings (SSSR count). The van der Waals surface area contributed by atoms with Crippen molar-refractivity contribution < 1.29 is 34.6 Å². The Morgan fingerprint density at radius 2 is 1.85 bits per heavy atom. The minimum Gasteiger partial charge on any atom is -0.394 e. The van der Waals surface area contributed by atoms with Gasteiger partial charge in [0.05, 0.1) is 26.4 Å². The fourth-order valence-corrected chi connectivity index (χ4v) is 1.68. The summed E-state index contributed by atoms with van der Waals surface area (Å²) in [5, 5.41) is 41.0. The Labute approximate surface area is 115 Å². The van der Waals surface area contributed by atoms with Gasteiger partial charge < -0.3 is 34.6 Å². The highest BCUT2D eigenvalue weighted by molar-refractivity contribution is 4.88. The van der Waals surface area contributed by atoms with Crippen molar-refractivity contribution >= 4 is 0 Å². The molecule has 0 amide bonds. The first kappa shape index (κ1) is 17.1. The molecule has 0 saturated carbocycles. The normalized spacial score (nSPS) is 33.7. The summed E-state index contributed by atoms with van der Waals surface area (Å²) in [6.45, 7) is 0.182. The lowest BCUT2D eigenvalue weighted by atomic mass is 9.99. The van der Waals surface area contributed by atoms with Gasteiger partial charge in [0.15, 0.2) is 6.29 Å². The highest BCUT2D eigenvalue weighted by atomic mass is 16.7. The Kier molecular flexibility index (Phi) is 7.73. The molecular weight excluding hydrogens is 274 g/mol. The van der Waals surface area contributed by atoms with Gasteiger partial charge in [-0.2, -0.15) is 0 Å². The predicted octanol–water partition coefficient (Wildman–Crippen LogP) is -1.87. The van der Waals surface area contributed by atoms with E-state index in [1.54, 1.807) is 0 Å². The number of hydrogen-bond donors (Lipinski definition) is 4. The summed E-state index contributed by atoms with van der Waals surface area (Å²) in [6, 6.07) is 0. The number of ether oxygens (including phenoxy) is 3. The van der Waals surface area contributed by atoms with Crippen LogP contribution in [0, 0.1) is 0 Å². The Morgan fingerprint density at radius 1 is 1.10 bits per heavy atom. The van der Waals surface area contributed by atoms with Crippen LogP contribution >= 0.6 is 0 Å². The molecule has 0 aliphatic carbocycles. The smallest absolute Gasteiger partial charge is 0.186 e. The molecule has 5 atom stereocenters. The van der Waals surface area contributed by atoms with Gasteiger partial charge in [-0.05, 0) is 5.53 Å². The van der Waals surface area contributed by atoms with Crippen LogP contribution in [0.2, 0.25) is 0 Å². The van der Waals surface area contributed by atoms with Crippen molar-refractivity contribution in [3.63, 3.8) is 0 Å². The molecule has 0 spiro atoms. The molecule has 0 aromatic heterocycles. The first-order chi connectivity index (χ1) is 9.61. The van der Waals surface area contributed by atoms with Gasteiger partial charge in [0.1, 0.15) is 24.4 Å². The van der Waals surface area contributed by atoms with E-state index >= 15 is 0 Å². The van der Waals surface area contributed by atoms with Gasteiger partial charge in [0.25, 0.3) is 0 Å². The minimum atomic E-state index is -1.46. The SMILES string of the molecule is [N-]=[N+]=NCCOCCO[C@@H]1O[C@H](CO)[C@@H](O)[C@H](O)[C@H]1O. The van der Waals surface area contributed by atoms with Crippen LogP contribution in [0.3, 0.4) is 0 Å². The monoisotopic (exact) mass is 293 g/mol. The average Bonchev–Trinajstić information content (AvgIpc) is 2.46. The van der Waals surface area contributed by atoms with E-state index in [0.717, 1.165) is 0 Å². The number of aliphatic hydroxyl groups excluding tert-OH is 4. The third-order valence-electron chi connectivity index (χ3n) is 2.76. The van der Waals surface area contributed by atoms with Crippen LogP contribution in [-0.4, -0.2) is 84.1 Å². The van der Waals surface area contributed by atoms with Crippen molar-refractivity contribution in [3.05, 3.63) is 10.4 Å². The van der Waals surface area contributed by atoms with Gasteiger partial charge in [-0.25, -0.2) is 0 Å². The molecule has 0 bridgehead atoms. The van der Waals surface area contributed by atoms with Crippen molar-refractivity contribution in [2.24, 2.45) is 5.11 Å². The fourth-order valence-electron chi connectivity index (χ4n) is 1.68. The summed E-state index contributed by atoms with van der Waals surface area (Å²) in [5.74, 6) is 0. The third-order valence-corrected chi connectivity index (χ3v) is 2.76. The van der Waals surface area contributed by atoms with Crippen LogP contribution in [0.1, 0.15) is 0 Å². The maximum Gasteiger partial charge on any atom is 0.186 e. The molecule has 0 aromatic rings. The molecule has 1 fully saturated rings. The number of hydrogen-bond acceptors (Lipinski definition) is 8. The van der Waals surface area contributed by atoms with Gasteiger partial charge in [-0.1, -0.05) is 5.11 Å². The average molecular weight is 293 g/mol. The van der Waals surface area contributed by atoms with E-state index in [-0.39, 0.29) is 26.4 Å². The number of nitrogens with zero attached hydrogens (tertiary/aromatic N) is 3. The summed E-state index contributed by atoms with van der Waals surface area (Å²) in [7, 11) is 0. The zero-order valence-corrected chi connectivity index (χ0v) is 10.8. The minimum absolute atomic E-state index is 0.0684. The lowest BCUT2D eigenvalue weighted by Crippen LogP contribution is -2.59. The molecule has 1 aliphatic rings. The summed E-state index contributed by atoms with van der Waals surface area (Å²) in [5.41, 5.74) is 8.03. The highest BCUT2D eigenvalue weighted by Crippen LogP contribution is 2.21. The predicted molar refractivity (Wildman–Crippen MR) is 64.6 cm³/mol. The number of rotatable bonds is 8. The number of aliphatic hydroxyl groups is 4. The van der Waals surface area contributed by atoms with Crippen LogP contribution in [0.5, 0.6) is 0 Å². The van der Waals surface area contributed by atoms with Gasteiger partial charge >= 0.3 is 0 Å². The Balaban J connectivity index is 2.26. The van der Waals surface area contributed by atoms with Crippen LogP contribution in [-0.2, 0) is 14.2 Å². The quantitative estimate of drug-likeness (QED) is 0.177. The molecule has 4 N–H and O–H groups in total. The van der Waals surface area contributed by atoms with E-state index < -0.39 is 37.3 Å². The molecule has 10 nitrogen and oxygen atoms in total. The van der Waals surface area contributed by atoms with Crippen LogP contribution < -0.4 is 0 Å². The molecule has 0 aromatic carbocycles. The number of azide groups is 1. The van der Waals surface area contributed by atoms with E-state index in [4.69, 9.17) is 24.8 Å². The van der Waals surface area contributed by atoms with Gasteiger partial charge in [-0.15, -0.1) is 0 Å². The fraction of sp³-hybridized carbons (Fsp3) is 1.00. The van der Waals surface area contributed by atoms with Gasteiger partial charge in [0.2, 0.25) is 0 Å². The van der Waals surface area contributed by atoms with E-state index in [2.05, 4.69) is 10.0 Å². The maximum absolute atomic E-state index is 9.66. The standard InChI is InChI=1S/C10H19N3O7/c11-13-12-1-2-18-3-4-19-10-9(17)8(16)7(15)6(5-14)20-10/h6-10,14-17H,1-5H2/t6-,7-,8+,9-,10-/m1/s1. The molecular formula is C10H19N3O7. The largest absolute Gasteiger partial charge is 0.394 e. The van der Waals surface area contributed by atoms with E-state index in [1.807, 2.05) is 0 Å². The lowest BCUT2D eigenvalue weighted by Gasteiger charge is -2.39. The van der Waals surface area contributed by atoms with E-state index in [1.165, 1.54) is 0 Å². The first-order valence-electron chi connectivity index (χ1n) is 6.12. The molecule has 0 radical (unpaired) electrons. The van der Waals surface area contributed by atoms with Gasteiger partial charge in [0, 0.05) is 11.5 Å². The van der Waals surface area contributed by atoms with Crippen LogP contribution in [0.15, 0.2) is 5.11 Å². The van der Waals surface area contributed by atoms with Crippen molar-refractivity contribution in [2.45, 2.75) is 30.7 Å². The summed E-state index contributed by atoms with van der Waals surface area (Å²) < 4.78 is 15.4. The molecule has 1 saturated heterocycles. The van der Waals surface area contributed by atoms with Crippen molar-refractivity contribution in [1.29, 1.82) is 0 Å². The van der Waals surface area contributed by atoms with Crippen molar-refractivity contribution in [2.75, 3.05) is 33.0 Å². The molecule has 1 heterocycles. The Bertz CT molecular complexity index is 324. The molecule has 0 unspecified atom stereocenters. The second-order valence-corrected chi connectivity index (χ2v) is 4.13. The zero-order valence-electron chi connectivity index (χ0n) is 10.8. The van der Waals surface area contributed by atoms with Gasteiger partial charge in [-0.3, -0.25) is 0 Å². The lowest BCUT2D eigenvalue weighted by molar-refractivity contribution is -0.302. The second-order valence-electron chi connectivity index (χ2n) is 4.13. The van der Waals surface area contributed by atoms with Crippen molar-refractivity contribution in [3.8, 4) is 0 Å². The molecule has 116 valence electrons. The summed E-state index contributed by atoms with van der Waals surface area (Å²) in [6.07, 6.45) is -6.45. The zero-order chi connectivity index (χ0) is 15.0. The molecule has 10 heteroatoms. The Hall–Kier alpha value is -0.970. The molecule has 1 aliphatic heterocycles. The van der Waals surface area contributed by atoms with Crippen LogP contribution in [0.25, 0.3) is 10.4 Å². The first-order valence-corrected chi connectivity index (χ1v) is 6.12. The van der Waals surface area contributed by atoms with Crippen LogP contribution in [0.4, 0.5) is 0 Å². The second kappa shape index (κ2) is 9.06. The van der Waals surface area contributed by atoms with E-state index in [9.17, 15) is 15.3 Å². The third kappa shape index (κ3) is 4.85. The summed E-state index contributed by atoms with van der Waals surface area (Å²) in [4.78, 5) is 2.56. The van der Waals surface area contributed by atoms with E-state index in [0.29, 0.717) is 0 Å². The highest BCUT2D eigenvalue weighted by Gasteiger charge is 2.43. The maximum atomic E-state index is 9.66. The Morgan fingerprint density at radius 3 is 2.50 bits per heavy atom. The topological polar surface area (TPSA) is 157 Å². The summed E-state index contributed by atoms with van der Waals surface area (Å²) >= 11 is 0. The molecule has 20 heavy (non-hydrogen) atoms.